The first-order chi connectivity index (χ1) is 17.9. The average Bonchev–Trinajstić information content (AvgIpc) is 3.32. The summed E-state index contributed by atoms with van der Waals surface area (Å²) in [5, 5.41) is 0.837. The largest absolute Gasteiger partial charge is 0.490 e. The Labute approximate surface area is 230 Å². The van der Waals surface area contributed by atoms with Gasteiger partial charge in [0, 0.05) is 58.0 Å². The number of nitrogens with zero attached hydrogens (tertiary/aromatic N) is 3. The quantitative estimate of drug-likeness (QED) is 0.479. The molecule has 3 atom stereocenters. The van der Waals surface area contributed by atoms with Crippen LogP contribution in [0.25, 0.3) is 0 Å². The standard InChI is InChI=1S/C27H30Cl2F3N3O3/c1-17(38-21-6-4-20(5-7-21)27(30,31)32)22-14-35(15-23(22)19-3-8-24(28)25(29)13-19)26(37)16-33-9-11-34(12-10-33)18(2)36/h3-8,13,17,22-23H,9-12,14-16H2,1-2H3/t17-,22+,23+/m1/s1. The van der Waals surface area contributed by atoms with Crippen LogP contribution in [0, 0.1) is 5.92 Å². The normalized spacial score (nSPS) is 21.4. The van der Waals surface area contributed by atoms with Gasteiger partial charge < -0.3 is 14.5 Å². The van der Waals surface area contributed by atoms with E-state index in [2.05, 4.69) is 0 Å². The van der Waals surface area contributed by atoms with Crippen LogP contribution in [0.3, 0.4) is 0 Å². The first-order valence-electron chi connectivity index (χ1n) is 12.5. The fourth-order valence-electron chi connectivity index (χ4n) is 5.14. The van der Waals surface area contributed by atoms with Crippen molar-refractivity contribution < 1.29 is 27.5 Å². The second-order valence-electron chi connectivity index (χ2n) is 9.87. The molecule has 4 rings (SSSR count). The van der Waals surface area contributed by atoms with Crippen molar-refractivity contribution in [2.24, 2.45) is 5.92 Å². The second-order valence-corrected chi connectivity index (χ2v) is 10.7. The van der Waals surface area contributed by atoms with E-state index in [1.54, 1.807) is 24.0 Å². The zero-order valence-corrected chi connectivity index (χ0v) is 22.7. The smallest absolute Gasteiger partial charge is 0.416 e. The molecule has 2 fully saturated rings. The number of hydrogen-bond acceptors (Lipinski definition) is 4. The number of carbonyl (C=O) groups excluding carboxylic acids is 2. The van der Waals surface area contributed by atoms with Crippen molar-refractivity contribution in [2.75, 3.05) is 45.8 Å². The summed E-state index contributed by atoms with van der Waals surface area (Å²) in [7, 11) is 0. The van der Waals surface area contributed by atoms with Gasteiger partial charge in [-0.3, -0.25) is 14.5 Å². The van der Waals surface area contributed by atoms with E-state index >= 15 is 0 Å². The van der Waals surface area contributed by atoms with Crippen molar-refractivity contribution >= 4 is 35.0 Å². The molecule has 206 valence electrons. The minimum atomic E-state index is -4.42. The predicted molar refractivity (Wildman–Crippen MR) is 140 cm³/mol. The summed E-state index contributed by atoms with van der Waals surface area (Å²) in [4.78, 5) is 30.5. The highest BCUT2D eigenvalue weighted by Gasteiger charge is 2.41. The molecule has 2 aromatic carbocycles. The molecule has 0 radical (unpaired) electrons. The minimum absolute atomic E-state index is 0.0180. The Hall–Kier alpha value is -2.49. The molecule has 38 heavy (non-hydrogen) atoms. The fraction of sp³-hybridized carbons (Fsp3) is 0.481. The Morgan fingerprint density at radius 3 is 2.21 bits per heavy atom. The van der Waals surface area contributed by atoms with Gasteiger partial charge in [0.2, 0.25) is 11.8 Å². The summed E-state index contributed by atoms with van der Waals surface area (Å²) in [6, 6.07) is 10.0. The predicted octanol–water partition coefficient (Wildman–Crippen LogP) is 5.19. The lowest BCUT2D eigenvalue weighted by Gasteiger charge is -2.34. The number of carbonyl (C=O) groups is 2. The summed E-state index contributed by atoms with van der Waals surface area (Å²) in [6.07, 6.45) is -4.82. The van der Waals surface area contributed by atoms with Crippen LogP contribution in [0.15, 0.2) is 42.5 Å². The Balaban J connectivity index is 1.48. The molecule has 2 saturated heterocycles. The maximum atomic E-state index is 13.3. The SMILES string of the molecule is CC(=O)N1CCN(CC(=O)N2C[C@@H]([C@@H](C)Oc3ccc(C(F)(F)F)cc3)[C@H](c3ccc(Cl)c(Cl)c3)C2)CC1. The van der Waals surface area contributed by atoms with Crippen molar-refractivity contribution in [3.8, 4) is 5.75 Å². The van der Waals surface area contributed by atoms with Gasteiger partial charge in [-0.25, -0.2) is 0 Å². The highest BCUT2D eigenvalue weighted by Crippen LogP contribution is 2.39. The molecular weight excluding hydrogens is 542 g/mol. The molecule has 0 N–H and O–H groups in total. The van der Waals surface area contributed by atoms with Crippen molar-refractivity contribution in [2.45, 2.75) is 32.0 Å². The number of halogens is 5. The van der Waals surface area contributed by atoms with Crippen molar-refractivity contribution in [1.29, 1.82) is 0 Å². The molecule has 2 heterocycles. The van der Waals surface area contributed by atoms with Gasteiger partial charge in [0.1, 0.15) is 11.9 Å². The van der Waals surface area contributed by atoms with Crippen molar-refractivity contribution in [3.63, 3.8) is 0 Å². The lowest BCUT2D eigenvalue weighted by molar-refractivity contribution is -0.137. The van der Waals surface area contributed by atoms with Crippen LogP contribution >= 0.6 is 23.2 Å². The number of alkyl halides is 3. The Bertz CT molecular complexity index is 1150. The maximum absolute atomic E-state index is 13.3. The molecule has 2 aliphatic heterocycles. The van der Waals surface area contributed by atoms with Crippen LogP contribution in [0.5, 0.6) is 5.75 Å². The highest BCUT2D eigenvalue weighted by molar-refractivity contribution is 6.42. The first-order valence-corrected chi connectivity index (χ1v) is 13.2. The summed E-state index contributed by atoms with van der Waals surface area (Å²) in [5.74, 6) is 0.104. The summed E-state index contributed by atoms with van der Waals surface area (Å²) in [5.41, 5.74) is 0.172. The van der Waals surface area contributed by atoms with E-state index < -0.39 is 17.8 Å². The van der Waals surface area contributed by atoms with Crippen molar-refractivity contribution in [3.05, 3.63) is 63.6 Å². The number of amides is 2. The van der Waals surface area contributed by atoms with Crippen LogP contribution in [0.2, 0.25) is 10.0 Å². The van der Waals surface area contributed by atoms with Gasteiger partial charge in [-0.2, -0.15) is 13.2 Å². The number of benzene rings is 2. The van der Waals surface area contributed by atoms with Gasteiger partial charge >= 0.3 is 6.18 Å². The Kier molecular flexibility index (Phi) is 8.79. The number of likely N-dealkylation sites (tertiary alicyclic amines) is 1. The molecule has 2 amide bonds. The molecule has 2 aromatic rings. The monoisotopic (exact) mass is 571 g/mol. The molecule has 0 unspecified atom stereocenters. The third-order valence-corrected chi connectivity index (χ3v) is 8.11. The lowest BCUT2D eigenvalue weighted by atomic mass is 9.85. The van der Waals surface area contributed by atoms with E-state index in [0.717, 1.165) is 17.7 Å². The van der Waals surface area contributed by atoms with E-state index in [1.165, 1.54) is 12.1 Å². The minimum Gasteiger partial charge on any atom is -0.490 e. The van der Waals surface area contributed by atoms with E-state index in [0.29, 0.717) is 55.1 Å². The highest BCUT2D eigenvalue weighted by atomic mass is 35.5. The van der Waals surface area contributed by atoms with Crippen LogP contribution < -0.4 is 4.74 Å². The summed E-state index contributed by atoms with van der Waals surface area (Å²) >= 11 is 12.4. The fourth-order valence-corrected chi connectivity index (χ4v) is 5.45. The van der Waals surface area contributed by atoms with E-state index in [1.807, 2.05) is 22.8 Å². The topological polar surface area (TPSA) is 53.1 Å². The zero-order chi connectivity index (χ0) is 27.6. The van der Waals surface area contributed by atoms with Crippen molar-refractivity contribution in [1.82, 2.24) is 14.7 Å². The average molecular weight is 572 g/mol. The van der Waals surface area contributed by atoms with Gasteiger partial charge in [-0.15, -0.1) is 0 Å². The molecule has 0 bridgehead atoms. The van der Waals surface area contributed by atoms with Crippen LogP contribution in [0.1, 0.15) is 30.9 Å². The molecule has 2 aliphatic rings. The second kappa shape index (κ2) is 11.7. The van der Waals surface area contributed by atoms with E-state index in [9.17, 15) is 22.8 Å². The molecule has 11 heteroatoms. The number of hydrogen-bond donors (Lipinski definition) is 0. The van der Waals surface area contributed by atoms with E-state index in [-0.39, 0.29) is 30.2 Å². The summed E-state index contributed by atoms with van der Waals surface area (Å²) in [6.45, 7) is 6.99. The molecule has 0 aliphatic carbocycles. The van der Waals surface area contributed by atoms with Gasteiger partial charge in [0.05, 0.1) is 22.2 Å². The van der Waals surface area contributed by atoms with Crippen LogP contribution in [0.4, 0.5) is 13.2 Å². The number of ether oxygens (including phenoxy) is 1. The Morgan fingerprint density at radius 1 is 0.974 bits per heavy atom. The van der Waals surface area contributed by atoms with Crippen LogP contribution in [-0.2, 0) is 15.8 Å². The van der Waals surface area contributed by atoms with Gasteiger partial charge in [0.25, 0.3) is 0 Å². The van der Waals surface area contributed by atoms with Gasteiger partial charge in [-0.1, -0.05) is 29.3 Å². The summed E-state index contributed by atoms with van der Waals surface area (Å²) < 4.78 is 44.9. The van der Waals surface area contributed by atoms with Crippen LogP contribution in [-0.4, -0.2) is 78.4 Å². The third-order valence-electron chi connectivity index (χ3n) is 7.37. The molecule has 6 nitrogen and oxygen atoms in total. The molecule has 0 saturated carbocycles. The number of piperazine rings is 1. The zero-order valence-electron chi connectivity index (χ0n) is 21.2. The maximum Gasteiger partial charge on any atom is 0.416 e. The molecule has 0 spiro atoms. The van der Waals surface area contributed by atoms with Gasteiger partial charge in [-0.05, 0) is 48.9 Å². The first kappa shape index (κ1) is 28.5. The van der Waals surface area contributed by atoms with Gasteiger partial charge in [0.15, 0.2) is 0 Å². The third kappa shape index (κ3) is 6.74. The lowest BCUT2D eigenvalue weighted by Crippen LogP contribution is -2.51. The molecule has 0 aromatic heterocycles. The van der Waals surface area contributed by atoms with E-state index in [4.69, 9.17) is 27.9 Å². The number of rotatable bonds is 6. The molecular formula is C27H30Cl2F3N3O3. The Morgan fingerprint density at radius 2 is 1.63 bits per heavy atom.